The third kappa shape index (κ3) is 3.68. The smallest absolute Gasteiger partial charge is 0.406 e. The maximum absolute atomic E-state index is 12.5. The van der Waals surface area contributed by atoms with Crippen LogP contribution >= 0.6 is 0 Å². The van der Waals surface area contributed by atoms with E-state index in [1.165, 1.54) is 6.07 Å². The number of nitrogens with one attached hydrogen (secondary N) is 1. The first-order valence-electron chi connectivity index (χ1n) is 7.68. The quantitative estimate of drug-likeness (QED) is 0.650. The summed E-state index contributed by atoms with van der Waals surface area (Å²) in [7, 11) is 0. The van der Waals surface area contributed by atoms with Gasteiger partial charge in [-0.25, -0.2) is 0 Å². The third-order valence-corrected chi connectivity index (χ3v) is 3.66. The maximum Gasteiger partial charge on any atom is 0.406 e. The highest BCUT2D eigenvalue weighted by molar-refractivity contribution is 5.83. The van der Waals surface area contributed by atoms with Gasteiger partial charge in [-0.2, -0.15) is 0 Å². The lowest BCUT2D eigenvalue weighted by atomic mass is 10.1. The minimum atomic E-state index is -0.963. The molecule has 1 aliphatic carbocycles. The number of carbonyl (C=O) groups is 1. The molecule has 1 fully saturated rings. The second kappa shape index (κ2) is 6.66. The summed E-state index contributed by atoms with van der Waals surface area (Å²) < 4.78 is 5.72. The Bertz CT molecular complexity index is 760. The molecule has 0 radical (unpaired) electrons. The van der Waals surface area contributed by atoms with Gasteiger partial charge >= 0.3 is 5.82 Å². The molecule has 1 saturated carbocycles. The molecule has 0 bridgehead atoms. The lowest BCUT2D eigenvalue weighted by Crippen LogP contribution is -2.34. The molecule has 7 heteroatoms. The summed E-state index contributed by atoms with van der Waals surface area (Å²) in [5.74, 6) is -0.723. The van der Waals surface area contributed by atoms with Crippen molar-refractivity contribution in [3.8, 4) is 5.75 Å². The first-order valence-corrected chi connectivity index (χ1v) is 7.68. The van der Waals surface area contributed by atoms with Crippen molar-refractivity contribution in [3.05, 3.63) is 63.8 Å². The Hall–Kier alpha value is -2.96. The van der Waals surface area contributed by atoms with Crippen molar-refractivity contribution in [1.82, 2.24) is 10.3 Å². The number of nitrogens with zero attached hydrogens (tertiary/aromatic N) is 2. The van der Waals surface area contributed by atoms with Crippen LogP contribution < -0.4 is 10.1 Å². The zero-order chi connectivity index (χ0) is 17.1. The van der Waals surface area contributed by atoms with Gasteiger partial charge in [0.05, 0.1) is 0 Å². The number of hydrogen-bond donors (Lipinski definition) is 1. The predicted octanol–water partition coefficient (Wildman–Crippen LogP) is 2.70. The molecule has 124 valence electrons. The molecule has 1 aliphatic rings. The molecule has 3 rings (SSSR count). The number of aryl methyl sites for hydroxylation is 1. The summed E-state index contributed by atoms with van der Waals surface area (Å²) in [5.41, 5.74) is 1.14. The molecule has 1 aromatic heterocycles. The molecule has 0 aliphatic heterocycles. The van der Waals surface area contributed by atoms with Gasteiger partial charge in [0.1, 0.15) is 5.69 Å². The van der Waals surface area contributed by atoms with Crippen LogP contribution in [0.3, 0.4) is 0 Å². The SMILES string of the molecule is Cc1ccc(OC(C(=O)NC2CC2)c2ccccc2)c([N+](=O)[O-])n1. The van der Waals surface area contributed by atoms with Crippen LogP contribution in [0.15, 0.2) is 42.5 Å². The van der Waals surface area contributed by atoms with Crippen LogP contribution in [-0.4, -0.2) is 21.9 Å². The van der Waals surface area contributed by atoms with E-state index in [0.29, 0.717) is 11.3 Å². The van der Waals surface area contributed by atoms with E-state index in [1.54, 1.807) is 37.3 Å². The molecule has 1 N–H and O–H groups in total. The highest BCUT2D eigenvalue weighted by Crippen LogP contribution is 2.30. The largest absolute Gasteiger partial charge is 0.467 e. The van der Waals surface area contributed by atoms with Gasteiger partial charge in [0.2, 0.25) is 11.9 Å². The summed E-state index contributed by atoms with van der Waals surface area (Å²) in [6, 6.07) is 12.2. The first kappa shape index (κ1) is 15.9. The molecule has 24 heavy (non-hydrogen) atoms. The number of nitro groups is 1. The maximum atomic E-state index is 12.5. The monoisotopic (exact) mass is 327 g/mol. The van der Waals surface area contributed by atoms with Gasteiger partial charge in [-0.05, 0) is 34.9 Å². The van der Waals surface area contributed by atoms with E-state index in [1.807, 2.05) is 6.07 Å². The summed E-state index contributed by atoms with van der Waals surface area (Å²) in [6.07, 6.45) is 0.925. The van der Waals surface area contributed by atoms with Crippen LogP contribution in [-0.2, 0) is 4.79 Å². The summed E-state index contributed by atoms with van der Waals surface area (Å²) in [5, 5.41) is 14.1. The lowest BCUT2D eigenvalue weighted by Gasteiger charge is -2.18. The fourth-order valence-corrected chi connectivity index (χ4v) is 2.29. The number of amides is 1. The summed E-state index contributed by atoms with van der Waals surface area (Å²) in [6.45, 7) is 1.66. The van der Waals surface area contributed by atoms with E-state index in [2.05, 4.69) is 10.3 Å². The van der Waals surface area contributed by atoms with Crippen LogP contribution in [0.2, 0.25) is 0 Å². The Balaban J connectivity index is 1.92. The van der Waals surface area contributed by atoms with E-state index in [0.717, 1.165) is 12.8 Å². The number of aromatic nitrogens is 1. The highest BCUT2D eigenvalue weighted by atomic mass is 16.6. The fourth-order valence-electron chi connectivity index (χ4n) is 2.29. The van der Waals surface area contributed by atoms with E-state index in [-0.39, 0.29) is 17.7 Å². The van der Waals surface area contributed by atoms with E-state index in [4.69, 9.17) is 4.74 Å². The number of hydrogen-bond acceptors (Lipinski definition) is 5. The molecule has 0 spiro atoms. The van der Waals surface area contributed by atoms with Crippen molar-refractivity contribution < 1.29 is 14.5 Å². The molecular weight excluding hydrogens is 310 g/mol. The Kier molecular flexibility index (Phi) is 4.41. The molecule has 1 atom stereocenters. The molecule has 2 aromatic rings. The highest BCUT2D eigenvalue weighted by Gasteiger charge is 2.31. The number of rotatable bonds is 6. The molecule has 1 amide bonds. The van der Waals surface area contributed by atoms with Gasteiger partial charge in [-0.3, -0.25) is 4.79 Å². The summed E-state index contributed by atoms with van der Waals surface area (Å²) >= 11 is 0. The number of pyridine rings is 1. The topological polar surface area (TPSA) is 94.4 Å². The Labute approximate surface area is 138 Å². The number of benzene rings is 1. The molecule has 1 heterocycles. The van der Waals surface area contributed by atoms with Gasteiger partial charge in [0.25, 0.3) is 5.91 Å². The lowest BCUT2D eigenvalue weighted by molar-refractivity contribution is -0.390. The van der Waals surface area contributed by atoms with Gasteiger partial charge in [0, 0.05) is 18.5 Å². The normalized spacial score (nSPS) is 14.7. The minimum Gasteiger partial charge on any atom is -0.467 e. The van der Waals surface area contributed by atoms with Gasteiger partial charge < -0.3 is 20.2 Å². The van der Waals surface area contributed by atoms with Crippen LogP contribution in [0.25, 0.3) is 0 Å². The van der Waals surface area contributed by atoms with Gasteiger partial charge in [-0.15, -0.1) is 0 Å². The zero-order valence-corrected chi connectivity index (χ0v) is 13.1. The van der Waals surface area contributed by atoms with Crippen LogP contribution in [0.4, 0.5) is 5.82 Å². The Morgan fingerprint density at radius 2 is 2.00 bits per heavy atom. The predicted molar refractivity (Wildman–Crippen MR) is 86.6 cm³/mol. The van der Waals surface area contributed by atoms with Crippen molar-refractivity contribution in [2.24, 2.45) is 0 Å². The Morgan fingerprint density at radius 3 is 2.62 bits per heavy atom. The molecule has 0 saturated heterocycles. The average molecular weight is 327 g/mol. The molecule has 1 unspecified atom stereocenters. The van der Waals surface area contributed by atoms with Gasteiger partial charge in [-0.1, -0.05) is 30.3 Å². The van der Waals surface area contributed by atoms with E-state index in [9.17, 15) is 14.9 Å². The van der Waals surface area contributed by atoms with Crippen LogP contribution in [0.1, 0.15) is 30.2 Å². The molecule has 7 nitrogen and oxygen atoms in total. The second-order valence-electron chi connectivity index (χ2n) is 5.72. The fraction of sp³-hybridized carbons (Fsp3) is 0.294. The van der Waals surface area contributed by atoms with Crippen molar-refractivity contribution in [2.45, 2.75) is 31.9 Å². The number of ether oxygens (including phenoxy) is 1. The Morgan fingerprint density at radius 1 is 1.29 bits per heavy atom. The standard InChI is InChI=1S/C17H17N3O4/c1-11-7-10-14(16(18-11)20(22)23)24-15(12-5-3-2-4-6-12)17(21)19-13-8-9-13/h2-7,10,13,15H,8-9H2,1H3,(H,19,21). The van der Waals surface area contributed by atoms with Crippen LogP contribution in [0, 0.1) is 17.0 Å². The summed E-state index contributed by atoms with van der Waals surface area (Å²) in [4.78, 5) is 27.0. The molecule has 1 aromatic carbocycles. The average Bonchev–Trinajstić information content (AvgIpc) is 3.38. The number of carbonyl (C=O) groups excluding carboxylic acids is 1. The van der Waals surface area contributed by atoms with Crippen molar-refractivity contribution in [2.75, 3.05) is 0 Å². The van der Waals surface area contributed by atoms with Crippen molar-refractivity contribution >= 4 is 11.7 Å². The molecular formula is C17H17N3O4. The first-order chi connectivity index (χ1) is 11.5. The van der Waals surface area contributed by atoms with E-state index >= 15 is 0 Å². The van der Waals surface area contributed by atoms with E-state index < -0.39 is 16.8 Å². The minimum absolute atomic E-state index is 0.0228. The second-order valence-corrected chi connectivity index (χ2v) is 5.72. The van der Waals surface area contributed by atoms with Crippen molar-refractivity contribution in [1.29, 1.82) is 0 Å². The van der Waals surface area contributed by atoms with Crippen LogP contribution in [0.5, 0.6) is 5.75 Å². The third-order valence-electron chi connectivity index (χ3n) is 3.66. The van der Waals surface area contributed by atoms with Gasteiger partial charge in [0.15, 0.2) is 0 Å². The zero-order valence-electron chi connectivity index (χ0n) is 13.1. The van der Waals surface area contributed by atoms with Crippen molar-refractivity contribution in [3.63, 3.8) is 0 Å².